The molecule has 0 saturated heterocycles. The predicted octanol–water partition coefficient (Wildman–Crippen LogP) is 4.20. The van der Waals surface area contributed by atoms with Crippen LogP contribution in [-0.2, 0) is 0 Å². The summed E-state index contributed by atoms with van der Waals surface area (Å²) in [6, 6.07) is 5.51. The van der Waals surface area contributed by atoms with Crippen LogP contribution in [0.3, 0.4) is 0 Å². The maximum Gasteiger partial charge on any atom is 0.252 e. The molecule has 1 N–H and O–H groups in total. The zero-order valence-electron chi connectivity index (χ0n) is 10.8. The van der Waals surface area contributed by atoms with Crippen LogP contribution in [0.5, 0.6) is 0 Å². The molecule has 2 atom stereocenters. The van der Waals surface area contributed by atoms with Gasteiger partial charge in [0.05, 0.1) is 10.6 Å². The fourth-order valence-electron chi connectivity index (χ4n) is 2.35. The van der Waals surface area contributed by atoms with Crippen molar-refractivity contribution in [3.63, 3.8) is 0 Å². The summed E-state index contributed by atoms with van der Waals surface area (Å²) in [6.07, 6.45) is 5.26. The first-order valence-electron chi connectivity index (χ1n) is 6.37. The van der Waals surface area contributed by atoms with Gasteiger partial charge in [-0.1, -0.05) is 18.0 Å². The van der Waals surface area contributed by atoms with Crippen molar-refractivity contribution in [2.75, 3.05) is 12.8 Å². The van der Waals surface area contributed by atoms with Crippen molar-refractivity contribution >= 4 is 40.9 Å². The smallest absolute Gasteiger partial charge is 0.252 e. The van der Waals surface area contributed by atoms with Crippen LogP contribution in [0.25, 0.3) is 0 Å². The molecule has 0 bridgehead atoms. The molecule has 0 heterocycles. The molecular weight excluding hydrogens is 301 g/mol. The van der Waals surface area contributed by atoms with E-state index in [4.69, 9.17) is 23.2 Å². The fourth-order valence-corrected chi connectivity index (χ4v) is 3.36. The average Bonchev–Trinajstić information content (AvgIpc) is 2.82. The highest BCUT2D eigenvalue weighted by Gasteiger charge is 2.25. The number of benzene rings is 1. The Morgan fingerprint density at radius 2 is 2.26 bits per heavy atom. The molecule has 1 aromatic rings. The normalized spacial score (nSPS) is 22.5. The van der Waals surface area contributed by atoms with E-state index in [1.807, 2.05) is 18.4 Å². The van der Waals surface area contributed by atoms with Crippen molar-refractivity contribution in [3.8, 4) is 0 Å². The summed E-state index contributed by atoms with van der Waals surface area (Å²) >= 11 is 13.9. The maximum atomic E-state index is 12.1. The van der Waals surface area contributed by atoms with E-state index in [9.17, 15) is 4.79 Å². The molecule has 104 valence electrons. The first-order chi connectivity index (χ1) is 9.11. The highest BCUT2D eigenvalue weighted by atomic mass is 35.5. The van der Waals surface area contributed by atoms with Gasteiger partial charge in [0.15, 0.2) is 0 Å². The van der Waals surface area contributed by atoms with Crippen molar-refractivity contribution in [3.05, 3.63) is 28.8 Å². The van der Waals surface area contributed by atoms with Gasteiger partial charge in [-0.25, -0.2) is 0 Å². The summed E-state index contributed by atoms with van der Waals surface area (Å²) in [5.74, 6) is 0.268. The predicted molar refractivity (Wildman–Crippen MR) is 82.5 cm³/mol. The first kappa shape index (κ1) is 15.0. The van der Waals surface area contributed by atoms with Crippen LogP contribution in [0.1, 0.15) is 29.6 Å². The molecular formula is C14H17Cl2NOS. The third-order valence-corrected chi connectivity index (χ3v) is 5.14. The first-order valence-corrected chi connectivity index (χ1v) is 8.41. The molecule has 1 amide bonds. The van der Waals surface area contributed by atoms with Crippen molar-refractivity contribution in [2.45, 2.75) is 29.5 Å². The van der Waals surface area contributed by atoms with Gasteiger partial charge in [-0.15, -0.1) is 23.4 Å². The maximum absolute atomic E-state index is 12.1. The van der Waals surface area contributed by atoms with Gasteiger partial charge in [0.1, 0.15) is 0 Å². The summed E-state index contributed by atoms with van der Waals surface area (Å²) in [7, 11) is 0. The lowest BCUT2D eigenvalue weighted by Crippen LogP contribution is -2.31. The van der Waals surface area contributed by atoms with Crippen LogP contribution in [0.15, 0.2) is 23.1 Å². The average molecular weight is 318 g/mol. The van der Waals surface area contributed by atoms with Crippen molar-refractivity contribution in [2.24, 2.45) is 5.92 Å². The van der Waals surface area contributed by atoms with E-state index in [1.54, 1.807) is 17.8 Å². The number of thioether (sulfide) groups is 1. The number of carbonyl (C=O) groups is 1. The summed E-state index contributed by atoms with van der Waals surface area (Å²) in [4.78, 5) is 13.2. The lowest BCUT2D eigenvalue weighted by Gasteiger charge is -2.15. The van der Waals surface area contributed by atoms with Gasteiger partial charge < -0.3 is 5.32 Å². The number of hydrogen-bond donors (Lipinski definition) is 1. The van der Waals surface area contributed by atoms with Crippen LogP contribution in [0, 0.1) is 5.92 Å². The Balaban J connectivity index is 1.99. The molecule has 0 radical (unpaired) electrons. The molecule has 1 aliphatic rings. The van der Waals surface area contributed by atoms with Crippen LogP contribution < -0.4 is 5.32 Å². The Kier molecular flexibility index (Phi) is 5.43. The molecule has 2 nitrogen and oxygen atoms in total. The van der Waals surface area contributed by atoms with Crippen LogP contribution in [-0.4, -0.2) is 24.1 Å². The zero-order chi connectivity index (χ0) is 13.8. The molecule has 19 heavy (non-hydrogen) atoms. The zero-order valence-corrected chi connectivity index (χ0v) is 13.1. The standard InChI is InChI=1S/C14H17Cl2NOS/c1-19-10-5-6-13(16)11(7-10)14(18)17-8-9-3-2-4-12(9)15/h5-7,9,12H,2-4,8H2,1H3,(H,17,18). The fraction of sp³-hybridized carbons (Fsp3) is 0.500. The minimum absolute atomic E-state index is 0.114. The Bertz CT molecular complexity index is 467. The van der Waals surface area contributed by atoms with Gasteiger partial charge in [-0.2, -0.15) is 0 Å². The van der Waals surface area contributed by atoms with Crippen molar-refractivity contribution in [1.29, 1.82) is 0 Å². The number of alkyl halides is 1. The van der Waals surface area contributed by atoms with E-state index in [-0.39, 0.29) is 11.3 Å². The van der Waals surface area contributed by atoms with E-state index in [0.29, 0.717) is 23.0 Å². The quantitative estimate of drug-likeness (QED) is 0.666. The number of hydrogen-bond acceptors (Lipinski definition) is 2. The largest absolute Gasteiger partial charge is 0.352 e. The van der Waals surface area contributed by atoms with Gasteiger partial charge >= 0.3 is 0 Å². The summed E-state index contributed by atoms with van der Waals surface area (Å²) < 4.78 is 0. The highest BCUT2D eigenvalue weighted by molar-refractivity contribution is 7.98. The van der Waals surface area contributed by atoms with Crippen LogP contribution in [0.2, 0.25) is 5.02 Å². The molecule has 0 spiro atoms. The molecule has 0 aliphatic heterocycles. The second-order valence-electron chi connectivity index (χ2n) is 4.76. The van der Waals surface area contributed by atoms with E-state index in [0.717, 1.165) is 24.2 Å². The lowest BCUT2D eigenvalue weighted by molar-refractivity contribution is 0.0947. The molecule has 2 rings (SSSR count). The Labute approximate surface area is 128 Å². The third-order valence-electron chi connectivity index (χ3n) is 3.51. The van der Waals surface area contributed by atoms with Gasteiger partial charge in [0.2, 0.25) is 0 Å². The Morgan fingerprint density at radius 3 is 2.89 bits per heavy atom. The highest BCUT2D eigenvalue weighted by Crippen LogP contribution is 2.29. The molecule has 1 fully saturated rings. The van der Waals surface area contributed by atoms with Crippen molar-refractivity contribution < 1.29 is 4.79 Å². The molecule has 1 aromatic carbocycles. The SMILES string of the molecule is CSc1ccc(Cl)c(C(=O)NCC2CCCC2Cl)c1. The lowest BCUT2D eigenvalue weighted by atomic mass is 10.1. The van der Waals surface area contributed by atoms with Crippen LogP contribution in [0.4, 0.5) is 0 Å². The van der Waals surface area contributed by atoms with Gasteiger partial charge in [-0.05, 0) is 43.2 Å². The minimum Gasteiger partial charge on any atom is -0.352 e. The molecule has 1 saturated carbocycles. The number of amides is 1. The Hall–Kier alpha value is -0.380. The molecule has 5 heteroatoms. The summed E-state index contributed by atoms with van der Waals surface area (Å²) in [5.41, 5.74) is 0.539. The van der Waals surface area contributed by atoms with E-state index in [2.05, 4.69) is 5.32 Å². The third kappa shape index (κ3) is 3.80. The molecule has 0 aromatic heterocycles. The van der Waals surface area contributed by atoms with E-state index < -0.39 is 0 Å². The van der Waals surface area contributed by atoms with Gasteiger partial charge in [0.25, 0.3) is 5.91 Å². The summed E-state index contributed by atoms with van der Waals surface area (Å²) in [5, 5.41) is 3.62. The van der Waals surface area contributed by atoms with Crippen molar-refractivity contribution in [1.82, 2.24) is 5.32 Å². The number of rotatable bonds is 4. The minimum atomic E-state index is -0.114. The molecule has 2 unspecified atom stereocenters. The number of carbonyl (C=O) groups excluding carboxylic acids is 1. The van der Waals surface area contributed by atoms with Gasteiger partial charge in [-0.3, -0.25) is 4.79 Å². The van der Waals surface area contributed by atoms with E-state index in [1.165, 1.54) is 0 Å². The monoisotopic (exact) mass is 317 g/mol. The Morgan fingerprint density at radius 1 is 1.47 bits per heavy atom. The second kappa shape index (κ2) is 6.87. The number of nitrogens with one attached hydrogen (secondary N) is 1. The van der Waals surface area contributed by atoms with Crippen LogP contribution >= 0.6 is 35.0 Å². The van der Waals surface area contributed by atoms with E-state index >= 15 is 0 Å². The van der Waals surface area contributed by atoms with Gasteiger partial charge in [0, 0.05) is 16.8 Å². The molecule has 1 aliphatic carbocycles. The summed E-state index contributed by atoms with van der Waals surface area (Å²) in [6.45, 7) is 0.632. The second-order valence-corrected chi connectivity index (χ2v) is 6.61. The topological polar surface area (TPSA) is 29.1 Å². The number of halogens is 2.